The number of methoxy groups -OCH3 is 1. The van der Waals surface area contributed by atoms with Crippen LogP contribution in [0.1, 0.15) is 25.0 Å². The zero-order valence-corrected chi connectivity index (χ0v) is 12.3. The van der Waals surface area contributed by atoms with Crippen molar-refractivity contribution in [3.8, 4) is 5.75 Å². The van der Waals surface area contributed by atoms with E-state index in [1.807, 2.05) is 6.07 Å². The first-order valence-corrected chi connectivity index (χ1v) is 7.54. The summed E-state index contributed by atoms with van der Waals surface area (Å²) in [4.78, 5) is 16.8. The zero-order chi connectivity index (χ0) is 14.7. The van der Waals surface area contributed by atoms with Gasteiger partial charge in [-0.1, -0.05) is 0 Å². The highest BCUT2D eigenvalue weighted by Gasteiger charge is 2.14. The minimum atomic E-state index is -0.0424. The van der Waals surface area contributed by atoms with Gasteiger partial charge in [-0.3, -0.25) is 9.20 Å². The van der Waals surface area contributed by atoms with Crippen molar-refractivity contribution in [3.63, 3.8) is 0 Å². The van der Waals surface area contributed by atoms with Crippen molar-refractivity contribution < 1.29 is 4.74 Å². The highest BCUT2D eigenvalue weighted by Crippen LogP contribution is 2.19. The van der Waals surface area contributed by atoms with Crippen molar-refractivity contribution in [1.82, 2.24) is 14.7 Å². The predicted octanol–water partition coefficient (Wildman–Crippen LogP) is 1.64. The SMILES string of the molecule is COc1cccn2c(=O)cc(CCC3CCNCC3)nc12. The van der Waals surface area contributed by atoms with Crippen LogP contribution in [-0.4, -0.2) is 29.6 Å². The second-order valence-electron chi connectivity index (χ2n) is 5.59. The van der Waals surface area contributed by atoms with Crippen LogP contribution in [0.5, 0.6) is 5.75 Å². The first kappa shape index (κ1) is 14.1. The van der Waals surface area contributed by atoms with E-state index < -0.39 is 0 Å². The summed E-state index contributed by atoms with van der Waals surface area (Å²) in [6.45, 7) is 2.21. The fraction of sp³-hybridized carbons (Fsp3) is 0.500. The van der Waals surface area contributed by atoms with Gasteiger partial charge in [0.05, 0.1) is 7.11 Å². The van der Waals surface area contributed by atoms with Crippen LogP contribution in [0.4, 0.5) is 0 Å². The lowest BCUT2D eigenvalue weighted by atomic mass is 9.92. The van der Waals surface area contributed by atoms with Gasteiger partial charge < -0.3 is 10.1 Å². The fourth-order valence-corrected chi connectivity index (χ4v) is 2.96. The first-order valence-electron chi connectivity index (χ1n) is 7.54. The molecule has 2 aromatic rings. The fourth-order valence-electron chi connectivity index (χ4n) is 2.96. The van der Waals surface area contributed by atoms with Crippen molar-refractivity contribution >= 4 is 5.65 Å². The van der Waals surface area contributed by atoms with Crippen LogP contribution < -0.4 is 15.6 Å². The number of pyridine rings is 1. The van der Waals surface area contributed by atoms with Gasteiger partial charge >= 0.3 is 0 Å². The molecule has 0 aliphatic carbocycles. The Morgan fingerprint density at radius 3 is 3.00 bits per heavy atom. The molecular weight excluding hydrogens is 266 g/mol. The monoisotopic (exact) mass is 287 g/mol. The quantitative estimate of drug-likeness (QED) is 0.928. The van der Waals surface area contributed by atoms with Crippen molar-refractivity contribution in [1.29, 1.82) is 0 Å². The van der Waals surface area contributed by atoms with Crippen LogP contribution in [0.15, 0.2) is 29.2 Å². The van der Waals surface area contributed by atoms with E-state index >= 15 is 0 Å². The van der Waals surface area contributed by atoms with E-state index in [1.54, 1.807) is 25.4 Å². The molecule has 1 N–H and O–H groups in total. The summed E-state index contributed by atoms with van der Waals surface area (Å²) in [6.07, 6.45) is 6.11. The van der Waals surface area contributed by atoms with E-state index in [0.717, 1.165) is 37.5 Å². The van der Waals surface area contributed by atoms with Gasteiger partial charge in [-0.2, -0.15) is 0 Å². The maximum absolute atomic E-state index is 12.2. The van der Waals surface area contributed by atoms with Gasteiger partial charge in [-0.15, -0.1) is 0 Å². The van der Waals surface area contributed by atoms with Gasteiger partial charge in [0.1, 0.15) is 0 Å². The molecule has 5 nitrogen and oxygen atoms in total. The van der Waals surface area contributed by atoms with Gasteiger partial charge in [0.2, 0.25) is 0 Å². The van der Waals surface area contributed by atoms with Crippen molar-refractivity contribution in [3.05, 3.63) is 40.4 Å². The number of piperidine rings is 1. The summed E-state index contributed by atoms with van der Waals surface area (Å²) >= 11 is 0. The molecule has 1 saturated heterocycles. The number of hydrogen-bond donors (Lipinski definition) is 1. The molecule has 0 radical (unpaired) electrons. The molecule has 1 aliphatic heterocycles. The van der Waals surface area contributed by atoms with Crippen molar-refractivity contribution in [2.75, 3.05) is 20.2 Å². The molecule has 2 aromatic heterocycles. The lowest BCUT2D eigenvalue weighted by molar-refractivity contribution is 0.353. The molecule has 0 unspecified atom stereocenters. The van der Waals surface area contributed by atoms with Gasteiger partial charge in [0.15, 0.2) is 11.4 Å². The van der Waals surface area contributed by atoms with Gasteiger partial charge in [0, 0.05) is 18.0 Å². The number of aryl methyl sites for hydroxylation is 1. The maximum atomic E-state index is 12.2. The Labute approximate surface area is 124 Å². The Hall–Kier alpha value is -1.88. The van der Waals surface area contributed by atoms with Crippen molar-refractivity contribution in [2.45, 2.75) is 25.7 Å². The van der Waals surface area contributed by atoms with Crippen LogP contribution in [0.2, 0.25) is 0 Å². The maximum Gasteiger partial charge on any atom is 0.258 e. The molecule has 1 fully saturated rings. The molecule has 0 saturated carbocycles. The summed E-state index contributed by atoms with van der Waals surface area (Å²) in [7, 11) is 1.60. The average Bonchev–Trinajstić information content (AvgIpc) is 2.53. The number of fused-ring (bicyclic) bond motifs is 1. The lowest BCUT2D eigenvalue weighted by Gasteiger charge is -2.22. The molecule has 21 heavy (non-hydrogen) atoms. The van der Waals surface area contributed by atoms with Gasteiger partial charge in [-0.05, 0) is 56.8 Å². The second kappa shape index (κ2) is 6.26. The van der Waals surface area contributed by atoms with Gasteiger partial charge in [0.25, 0.3) is 5.56 Å². The molecular formula is C16H21N3O2. The Morgan fingerprint density at radius 1 is 1.43 bits per heavy atom. The second-order valence-corrected chi connectivity index (χ2v) is 5.59. The third-order valence-electron chi connectivity index (χ3n) is 4.20. The minimum Gasteiger partial charge on any atom is -0.493 e. The summed E-state index contributed by atoms with van der Waals surface area (Å²) in [5, 5.41) is 3.38. The number of nitrogens with zero attached hydrogens (tertiary/aromatic N) is 2. The van der Waals surface area contributed by atoms with Crippen LogP contribution >= 0.6 is 0 Å². The third-order valence-corrected chi connectivity index (χ3v) is 4.20. The molecule has 3 heterocycles. The number of nitrogens with one attached hydrogen (secondary N) is 1. The molecule has 1 aliphatic rings. The van der Waals surface area contributed by atoms with E-state index in [0.29, 0.717) is 11.4 Å². The molecule has 3 rings (SSSR count). The van der Waals surface area contributed by atoms with Crippen LogP contribution in [-0.2, 0) is 6.42 Å². The number of aromatic nitrogens is 2. The highest BCUT2D eigenvalue weighted by molar-refractivity contribution is 5.53. The first-order chi connectivity index (χ1) is 10.3. The van der Waals surface area contributed by atoms with E-state index in [9.17, 15) is 4.79 Å². The number of rotatable bonds is 4. The summed E-state index contributed by atoms with van der Waals surface area (Å²) < 4.78 is 6.84. The Balaban J connectivity index is 1.83. The molecule has 0 aromatic carbocycles. The standard InChI is InChI=1S/C16H21N3O2/c1-21-14-3-2-10-19-15(20)11-13(18-16(14)19)5-4-12-6-8-17-9-7-12/h2-3,10-12,17H,4-9H2,1H3. The Morgan fingerprint density at radius 2 is 2.24 bits per heavy atom. The van der Waals surface area contributed by atoms with E-state index in [2.05, 4.69) is 10.3 Å². The summed E-state index contributed by atoms with van der Waals surface area (Å²) in [5.41, 5.74) is 1.43. The average molecular weight is 287 g/mol. The molecule has 0 amide bonds. The Bertz CT molecular complexity index is 675. The Kier molecular flexibility index (Phi) is 4.20. The van der Waals surface area contributed by atoms with Crippen LogP contribution in [0.25, 0.3) is 5.65 Å². The van der Waals surface area contributed by atoms with Gasteiger partial charge in [-0.25, -0.2) is 4.98 Å². The predicted molar refractivity (Wildman–Crippen MR) is 81.9 cm³/mol. The largest absolute Gasteiger partial charge is 0.493 e. The summed E-state index contributed by atoms with van der Waals surface area (Å²) in [5.74, 6) is 1.38. The topological polar surface area (TPSA) is 55.6 Å². The van der Waals surface area contributed by atoms with E-state index in [-0.39, 0.29) is 5.56 Å². The number of hydrogen-bond acceptors (Lipinski definition) is 4. The van der Waals surface area contributed by atoms with E-state index in [4.69, 9.17) is 4.74 Å². The highest BCUT2D eigenvalue weighted by atomic mass is 16.5. The normalized spacial score (nSPS) is 16.2. The molecule has 0 atom stereocenters. The smallest absolute Gasteiger partial charge is 0.258 e. The molecule has 0 spiro atoms. The lowest BCUT2D eigenvalue weighted by Crippen LogP contribution is -2.28. The van der Waals surface area contributed by atoms with Crippen LogP contribution in [0, 0.1) is 5.92 Å². The number of ether oxygens (including phenoxy) is 1. The van der Waals surface area contributed by atoms with E-state index in [1.165, 1.54) is 17.2 Å². The molecule has 0 bridgehead atoms. The third kappa shape index (κ3) is 3.08. The molecule has 5 heteroatoms. The van der Waals surface area contributed by atoms with Crippen molar-refractivity contribution in [2.24, 2.45) is 5.92 Å². The van der Waals surface area contributed by atoms with Crippen LogP contribution in [0.3, 0.4) is 0 Å². The molecule has 112 valence electrons. The summed E-state index contributed by atoms with van der Waals surface area (Å²) in [6, 6.07) is 5.27. The minimum absolute atomic E-state index is 0.0424. The zero-order valence-electron chi connectivity index (χ0n) is 12.3.